The lowest BCUT2D eigenvalue weighted by atomic mass is 9.90. The lowest BCUT2D eigenvalue weighted by Gasteiger charge is -2.17. The molecule has 3 heterocycles. The molecule has 226 valence electrons. The molecule has 3 aromatic rings. The Morgan fingerprint density at radius 1 is 1.19 bits per heavy atom. The zero-order valence-electron chi connectivity index (χ0n) is 26.7. The van der Waals surface area contributed by atoms with Gasteiger partial charge in [0.15, 0.2) is 0 Å². The third-order valence-corrected chi connectivity index (χ3v) is 9.02. The topological polar surface area (TPSA) is 74.6 Å². The van der Waals surface area contributed by atoms with Gasteiger partial charge in [-0.3, -0.25) is 0 Å². The first-order chi connectivity index (χ1) is 20.3. The van der Waals surface area contributed by atoms with Crippen molar-refractivity contribution in [1.82, 2.24) is 4.90 Å². The summed E-state index contributed by atoms with van der Waals surface area (Å²) in [5, 5.41) is 12.4. The third-order valence-electron chi connectivity index (χ3n) is 8.04. The summed E-state index contributed by atoms with van der Waals surface area (Å²) >= 11 is 1.36. The summed E-state index contributed by atoms with van der Waals surface area (Å²) in [4.78, 5) is 7.11. The summed E-state index contributed by atoms with van der Waals surface area (Å²) in [5.74, 6) is 1.32. The number of likely N-dealkylation sites (tertiary alicyclic amines) is 1. The predicted octanol–water partition coefficient (Wildman–Crippen LogP) is 8.10. The van der Waals surface area contributed by atoms with Crippen molar-refractivity contribution in [2.24, 2.45) is 10.9 Å². The molecule has 42 heavy (non-hydrogen) atoms. The minimum atomic E-state index is -0.284. The molecule has 1 saturated heterocycles. The van der Waals surface area contributed by atoms with Crippen LogP contribution in [0, 0.1) is 23.1 Å². The van der Waals surface area contributed by atoms with Gasteiger partial charge in [-0.1, -0.05) is 72.1 Å². The van der Waals surface area contributed by atoms with E-state index in [4.69, 9.17) is 15.5 Å². The van der Waals surface area contributed by atoms with Crippen LogP contribution in [-0.4, -0.2) is 23.8 Å². The number of thiophene rings is 1. The van der Waals surface area contributed by atoms with Gasteiger partial charge in [-0.15, -0.1) is 11.3 Å². The molecule has 5 rings (SSSR count). The van der Waals surface area contributed by atoms with Crippen molar-refractivity contribution >= 4 is 44.0 Å². The predicted molar refractivity (Wildman–Crippen MR) is 178 cm³/mol. The summed E-state index contributed by atoms with van der Waals surface area (Å²) in [6.45, 7) is 19.4. The molecule has 7 heteroatoms. The first kappa shape index (κ1) is 33.3. The quantitative estimate of drug-likeness (QED) is 0.246. The highest BCUT2D eigenvalue weighted by Gasteiger charge is 2.27. The van der Waals surface area contributed by atoms with Gasteiger partial charge in [0, 0.05) is 45.4 Å². The molecule has 2 aliphatic heterocycles. The molecule has 1 aromatic heterocycles. The van der Waals surface area contributed by atoms with Crippen molar-refractivity contribution in [2.75, 3.05) is 18.8 Å². The van der Waals surface area contributed by atoms with Crippen LogP contribution in [0.5, 0.6) is 0 Å². The van der Waals surface area contributed by atoms with Crippen molar-refractivity contribution in [2.45, 2.75) is 94.3 Å². The minimum absolute atomic E-state index is 0.284. The van der Waals surface area contributed by atoms with Gasteiger partial charge in [-0.25, -0.2) is 9.38 Å². The van der Waals surface area contributed by atoms with Crippen molar-refractivity contribution in [3.05, 3.63) is 51.1 Å². The van der Waals surface area contributed by atoms with Gasteiger partial charge in [0.25, 0.3) is 0 Å². The number of halogens is 1. The molecular formula is C35H47FN4OS. The van der Waals surface area contributed by atoms with Gasteiger partial charge in [0.2, 0.25) is 0 Å². The summed E-state index contributed by atoms with van der Waals surface area (Å²) in [6, 6.07) is 7.95. The van der Waals surface area contributed by atoms with E-state index in [9.17, 15) is 5.26 Å². The van der Waals surface area contributed by atoms with E-state index in [-0.39, 0.29) is 5.82 Å². The molecule has 0 bridgehead atoms. The van der Waals surface area contributed by atoms with E-state index in [2.05, 4.69) is 31.7 Å². The highest BCUT2D eigenvalue weighted by Crippen LogP contribution is 2.42. The van der Waals surface area contributed by atoms with Crippen LogP contribution in [0.25, 0.3) is 33.0 Å². The molecule has 1 atom stereocenters. The fourth-order valence-corrected chi connectivity index (χ4v) is 6.34. The second-order valence-corrected chi connectivity index (χ2v) is 11.9. The van der Waals surface area contributed by atoms with Gasteiger partial charge in [-0.2, -0.15) is 5.26 Å². The van der Waals surface area contributed by atoms with Gasteiger partial charge in [-0.05, 0) is 55.4 Å². The molecule has 2 N–H and O–H groups in total. The number of aliphatic imine (C=N–C) groups is 1. The van der Waals surface area contributed by atoms with E-state index in [1.807, 2.05) is 59.0 Å². The summed E-state index contributed by atoms with van der Waals surface area (Å²) in [7, 11) is 0. The summed E-state index contributed by atoms with van der Waals surface area (Å²) in [5.41, 5.74) is 10.5. The Balaban J connectivity index is 0.000000745. The molecular weight excluding hydrogens is 543 g/mol. The highest BCUT2D eigenvalue weighted by molar-refractivity contribution is 7.23. The number of hydrogen-bond donors (Lipinski definition) is 1. The standard InChI is InChI=1S/C29H31FN4OS.C4H10.C2H6/c1-5-17(3)25-21(12-33-18(4)34-10-9-16(2)13-34)22-14-35-15-23(22)27(28(25)30)19-7-6-8-24-26(19)20(11-31)29(32)36-24;1-3-4-2;1-2/h6-8,12,16H,5,9-10,13-15,32H2,1-4H3;3-4H2,1-2H3;1-2H3/b21-12-,25-17?,33-18?;;. The molecule has 0 radical (unpaired) electrons. The maximum absolute atomic E-state index is 16.7. The fraction of sp³-hybridized carbons (Fsp3) is 0.486. The van der Waals surface area contributed by atoms with Crippen molar-refractivity contribution in [3.63, 3.8) is 0 Å². The SMILES string of the molecule is CC.CCC(C)=c1c(F)c(-c2cccc3sc(N)c(C#N)c23)c2c(/c1=C/N=C(C)N1CCC(C)C1)COC2.CCCC. The van der Waals surface area contributed by atoms with Crippen molar-refractivity contribution < 1.29 is 9.13 Å². The number of unbranched alkanes of at least 4 members (excludes halogenated alkanes) is 1. The van der Waals surface area contributed by atoms with Crippen LogP contribution in [0.4, 0.5) is 9.39 Å². The van der Waals surface area contributed by atoms with Crippen LogP contribution in [0.1, 0.15) is 97.8 Å². The molecule has 0 aliphatic carbocycles. The van der Waals surface area contributed by atoms with E-state index in [1.165, 1.54) is 24.2 Å². The zero-order valence-corrected chi connectivity index (χ0v) is 27.5. The fourth-order valence-electron chi connectivity index (χ4n) is 5.39. The van der Waals surface area contributed by atoms with Crippen LogP contribution in [-0.2, 0) is 18.0 Å². The van der Waals surface area contributed by atoms with E-state index in [0.29, 0.717) is 57.8 Å². The Labute approximate surface area is 255 Å². The van der Waals surface area contributed by atoms with E-state index < -0.39 is 0 Å². The number of fused-ring (bicyclic) bond motifs is 2. The number of hydrogen-bond acceptors (Lipinski definition) is 5. The zero-order chi connectivity index (χ0) is 31.0. The molecule has 0 spiro atoms. The Kier molecular flexibility index (Phi) is 12.1. The first-order valence-electron chi connectivity index (χ1n) is 15.4. The molecule has 2 aliphatic rings. The maximum Gasteiger partial charge on any atom is 0.139 e. The Morgan fingerprint density at radius 3 is 2.48 bits per heavy atom. The number of amidine groups is 1. The monoisotopic (exact) mass is 590 g/mol. The average Bonchev–Trinajstić information content (AvgIpc) is 3.74. The van der Waals surface area contributed by atoms with E-state index >= 15 is 4.39 Å². The maximum atomic E-state index is 16.7. The van der Waals surface area contributed by atoms with Gasteiger partial charge >= 0.3 is 0 Å². The molecule has 2 aromatic carbocycles. The first-order valence-corrected chi connectivity index (χ1v) is 16.2. The van der Waals surface area contributed by atoms with Crippen LogP contribution >= 0.6 is 11.3 Å². The number of nitrogens with two attached hydrogens (primary N) is 1. The number of anilines is 1. The number of nitrogen functional groups attached to an aromatic ring is 1. The second kappa shape index (κ2) is 15.3. The molecule has 1 fully saturated rings. The van der Waals surface area contributed by atoms with Gasteiger partial charge in [0.1, 0.15) is 22.7 Å². The molecule has 0 saturated carbocycles. The third kappa shape index (κ3) is 6.71. The lowest BCUT2D eigenvalue weighted by Crippen LogP contribution is -2.35. The summed E-state index contributed by atoms with van der Waals surface area (Å²) < 4.78 is 23.5. The largest absolute Gasteiger partial charge is 0.389 e. The second-order valence-electron chi connectivity index (χ2n) is 10.8. The molecule has 1 unspecified atom stereocenters. The van der Waals surface area contributed by atoms with Crippen LogP contribution in [0.2, 0.25) is 0 Å². The van der Waals surface area contributed by atoms with Crippen LogP contribution < -0.4 is 16.2 Å². The Hall–Kier alpha value is -3.21. The number of rotatable bonds is 4. The number of nitrogens with zero attached hydrogens (tertiary/aromatic N) is 3. The molecule has 0 amide bonds. The highest BCUT2D eigenvalue weighted by atomic mass is 32.1. The normalized spacial score (nSPS) is 17.3. The summed E-state index contributed by atoms with van der Waals surface area (Å²) in [6.07, 6.45) is 6.34. The average molecular weight is 591 g/mol. The number of nitriles is 1. The van der Waals surface area contributed by atoms with Crippen molar-refractivity contribution in [3.8, 4) is 17.2 Å². The van der Waals surface area contributed by atoms with Crippen LogP contribution in [0.15, 0.2) is 23.2 Å². The lowest BCUT2D eigenvalue weighted by molar-refractivity contribution is 0.134. The number of benzene rings is 2. The van der Waals surface area contributed by atoms with Crippen molar-refractivity contribution in [1.29, 1.82) is 5.26 Å². The smallest absolute Gasteiger partial charge is 0.139 e. The van der Waals surface area contributed by atoms with E-state index in [1.54, 1.807) is 0 Å². The number of ether oxygens (including phenoxy) is 1. The van der Waals surface area contributed by atoms with Crippen LogP contribution in [0.3, 0.4) is 0 Å². The minimum Gasteiger partial charge on any atom is -0.389 e. The Morgan fingerprint density at radius 2 is 1.88 bits per heavy atom. The van der Waals surface area contributed by atoms with Gasteiger partial charge in [0.05, 0.1) is 18.8 Å². The van der Waals surface area contributed by atoms with Gasteiger partial charge < -0.3 is 15.4 Å². The van der Waals surface area contributed by atoms with E-state index in [0.717, 1.165) is 52.0 Å². The molecule has 5 nitrogen and oxygen atoms in total. The Bertz CT molecular complexity index is 1600.